The van der Waals surface area contributed by atoms with Crippen molar-refractivity contribution in [2.75, 3.05) is 19.6 Å². The number of hydrogen-bond donors (Lipinski definition) is 2. The zero-order chi connectivity index (χ0) is 19.8. The van der Waals surface area contributed by atoms with E-state index in [9.17, 15) is 23.4 Å². The second kappa shape index (κ2) is 7.64. The molecule has 0 amide bonds. The van der Waals surface area contributed by atoms with Gasteiger partial charge in [-0.05, 0) is 54.5 Å². The molecule has 1 aliphatic heterocycles. The number of benzene rings is 2. The largest absolute Gasteiger partial charge is 0.503 e. The molecule has 0 radical (unpaired) electrons. The van der Waals surface area contributed by atoms with Crippen LogP contribution in [0.5, 0.6) is 11.5 Å². The maximum absolute atomic E-state index is 13.8. The first kappa shape index (κ1) is 19.1. The van der Waals surface area contributed by atoms with Crippen LogP contribution in [-0.4, -0.2) is 40.9 Å². The number of aromatic hydroxyl groups is 1. The predicted octanol–water partition coefficient (Wildman–Crippen LogP) is 3.63. The van der Waals surface area contributed by atoms with Crippen molar-refractivity contribution in [2.45, 2.75) is 25.0 Å². The molecule has 0 spiro atoms. The van der Waals surface area contributed by atoms with Gasteiger partial charge in [0.15, 0.2) is 29.0 Å². The maximum atomic E-state index is 13.8. The van der Waals surface area contributed by atoms with Gasteiger partial charge in [0.2, 0.25) is 0 Å². The Morgan fingerprint density at radius 3 is 2.21 bits per heavy atom. The number of ether oxygens (including phenoxy) is 1. The van der Waals surface area contributed by atoms with E-state index in [1.165, 1.54) is 6.07 Å². The Bertz CT molecular complexity index is 826. The molecule has 150 valence electrons. The second-order valence-corrected chi connectivity index (χ2v) is 7.73. The molecule has 1 heterocycles. The van der Waals surface area contributed by atoms with Crippen LogP contribution in [0, 0.1) is 29.3 Å². The highest BCUT2D eigenvalue weighted by molar-refractivity contribution is 5.31. The molecule has 4 atom stereocenters. The fraction of sp³-hybridized carbons (Fsp3) is 0.429. The molecule has 0 bridgehead atoms. The highest BCUT2D eigenvalue weighted by Crippen LogP contribution is 2.40. The molecule has 2 aromatic carbocycles. The van der Waals surface area contributed by atoms with E-state index < -0.39 is 23.5 Å². The fourth-order valence-corrected chi connectivity index (χ4v) is 4.43. The van der Waals surface area contributed by atoms with E-state index in [0.717, 1.165) is 38.1 Å². The van der Waals surface area contributed by atoms with E-state index in [-0.39, 0.29) is 29.8 Å². The van der Waals surface area contributed by atoms with Gasteiger partial charge in [-0.2, -0.15) is 0 Å². The zero-order valence-electron chi connectivity index (χ0n) is 15.2. The number of rotatable bonds is 5. The molecule has 2 N–H and O–H groups in total. The van der Waals surface area contributed by atoms with Crippen molar-refractivity contribution in [1.82, 2.24) is 4.90 Å². The van der Waals surface area contributed by atoms with Crippen molar-refractivity contribution >= 4 is 0 Å². The van der Waals surface area contributed by atoms with Crippen molar-refractivity contribution in [2.24, 2.45) is 11.8 Å². The Morgan fingerprint density at radius 1 is 1.00 bits per heavy atom. The van der Waals surface area contributed by atoms with Gasteiger partial charge in [-0.3, -0.25) is 4.90 Å². The fourth-order valence-electron chi connectivity index (χ4n) is 4.43. The van der Waals surface area contributed by atoms with Gasteiger partial charge in [-0.25, -0.2) is 13.2 Å². The van der Waals surface area contributed by atoms with Crippen LogP contribution in [-0.2, 0) is 0 Å². The summed E-state index contributed by atoms with van der Waals surface area (Å²) in [6.45, 7) is 1.76. The number of phenols is 1. The monoisotopic (exact) mass is 393 g/mol. The van der Waals surface area contributed by atoms with Gasteiger partial charge < -0.3 is 14.9 Å². The number of hydrogen-bond acceptors (Lipinski definition) is 4. The summed E-state index contributed by atoms with van der Waals surface area (Å²) >= 11 is 0. The number of fused-ring (bicyclic) bond motifs is 1. The zero-order valence-corrected chi connectivity index (χ0v) is 15.2. The lowest BCUT2D eigenvalue weighted by Crippen LogP contribution is -2.29. The molecule has 7 heteroatoms. The number of aliphatic hydroxyl groups is 1. The molecule has 2 fully saturated rings. The van der Waals surface area contributed by atoms with Gasteiger partial charge in [0.05, 0.1) is 12.2 Å². The number of nitrogens with zero attached hydrogens (tertiary/aromatic N) is 1. The minimum Gasteiger partial charge on any atom is -0.503 e. The minimum atomic E-state index is -1.08. The van der Waals surface area contributed by atoms with E-state index in [4.69, 9.17) is 4.74 Å². The minimum absolute atomic E-state index is 0.0285. The topological polar surface area (TPSA) is 52.9 Å². The SMILES string of the molecule is Oc1c(F)cc([C@@H](O)CN2C[C@H]3CC(Oc4ccccc4F)C[C@H]3C2)cc1F. The summed E-state index contributed by atoms with van der Waals surface area (Å²) < 4.78 is 46.6. The quantitative estimate of drug-likeness (QED) is 0.815. The summed E-state index contributed by atoms with van der Waals surface area (Å²) in [5.41, 5.74) is 0.102. The number of β-amino-alcohol motifs (C(OH)–C–C–N with tert-alkyl or cyclic N) is 1. The molecule has 4 nitrogen and oxygen atoms in total. The van der Waals surface area contributed by atoms with Crippen LogP contribution in [0.4, 0.5) is 13.2 Å². The smallest absolute Gasteiger partial charge is 0.187 e. The summed E-state index contributed by atoms with van der Waals surface area (Å²) in [5.74, 6) is -2.52. The summed E-state index contributed by atoms with van der Waals surface area (Å²) in [4.78, 5) is 2.07. The van der Waals surface area contributed by atoms with Crippen molar-refractivity contribution in [1.29, 1.82) is 0 Å². The van der Waals surface area contributed by atoms with Crippen LogP contribution in [0.25, 0.3) is 0 Å². The van der Waals surface area contributed by atoms with Crippen LogP contribution in [0.2, 0.25) is 0 Å². The summed E-state index contributed by atoms with van der Waals surface area (Å²) in [6, 6.07) is 8.29. The van der Waals surface area contributed by atoms with Crippen molar-refractivity contribution in [3.63, 3.8) is 0 Å². The molecule has 1 saturated carbocycles. The lowest BCUT2D eigenvalue weighted by atomic mass is 10.0. The number of para-hydroxylation sites is 1. The first-order valence-electron chi connectivity index (χ1n) is 9.40. The predicted molar refractivity (Wildman–Crippen MR) is 96.5 cm³/mol. The van der Waals surface area contributed by atoms with Crippen LogP contribution >= 0.6 is 0 Å². The van der Waals surface area contributed by atoms with Gasteiger partial charge in [0.1, 0.15) is 0 Å². The lowest BCUT2D eigenvalue weighted by molar-refractivity contribution is 0.115. The molecule has 28 heavy (non-hydrogen) atoms. The third kappa shape index (κ3) is 3.82. The Balaban J connectivity index is 1.32. The first-order valence-corrected chi connectivity index (χ1v) is 9.40. The van der Waals surface area contributed by atoms with Crippen LogP contribution in [0.15, 0.2) is 36.4 Å². The van der Waals surface area contributed by atoms with E-state index in [0.29, 0.717) is 11.8 Å². The van der Waals surface area contributed by atoms with Crippen LogP contribution < -0.4 is 4.74 Å². The summed E-state index contributed by atoms with van der Waals surface area (Å²) in [7, 11) is 0. The Labute approximate surface area is 161 Å². The highest BCUT2D eigenvalue weighted by atomic mass is 19.1. The maximum Gasteiger partial charge on any atom is 0.187 e. The average Bonchev–Trinajstić information content (AvgIpc) is 3.19. The van der Waals surface area contributed by atoms with Crippen molar-refractivity contribution in [3.05, 3.63) is 59.4 Å². The average molecular weight is 393 g/mol. The molecular formula is C21H22F3NO3. The van der Waals surface area contributed by atoms with Gasteiger partial charge >= 0.3 is 0 Å². The number of phenolic OH excluding ortho intramolecular Hbond substituents is 1. The first-order chi connectivity index (χ1) is 13.4. The summed E-state index contributed by atoms with van der Waals surface area (Å²) in [5, 5.41) is 19.5. The number of likely N-dealkylation sites (tertiary alicyclic amines) is 1. The third-order valence-corrected chi connectivity index (χ3v) is 5.77. The van der Waals surface area contributed by atoms with Gasteiger partial charge in [0.25, 0.3) is 0 Å². The molecular weight excluding hydrogens is 371 g/mol. The van der Waals surface area contributed by atoms with Crippen LogP contribution in [0.3, 0.4) is 0 Å². The molecule has 2 aliphatic rings. The van der Waals surface area contributed by atoms with Crippen molar-refractivity contribution in [3.8, 4) is 11.5 Å². The molecule has 1 unspecified atom stereocenters. The standard InChI is InChI=1S/C21H22F3NO3/c22-16-3-1-2-4-20(16)28-15-5-13-9-25(10-14(13)6-15)11-19(26)12-7-17(23)21(27)18(24)8-12/h1-4,7-8,13-15,19,26-27H,5-6,9-11H2/t13-,14+,15?,19-/m0/s1. The van der Waals surface area contributed by atoms with Crippen LogP contribution in [0.1, 0.15) is 24.5 Å². The third-order valence-electron chi connectivity index (χ3n) is 5.77. The van der Waals surface area contributed by atoms with Gasteiger partial charge in [-0.15, -0.1) is 0 Å². The van der Waals surface area contributed by atoms with Crippen molar-refractivity contribution < 1.29 is 28.1 Å². The van der Waals surface area contributed by atoms with E-state index in [1.54, 1.807) is 18.2 Å². The molecule has 2 aromatic rings. The highest BCUT2D eigenvalue weighted by Gasteiger charge is 2.42. The van der Waals surface area contributed by atoms with E-state index in [1.807, 2.05) is 0 Å². The Hall–Kier alpha value is -2.25. The Morgan fingerprint density at radius 2 is 1.61 bits per heavy atom. The van der Waals surface area contributed by atoms with E-state index >= 15 is 0 Å². The molecule has 1 aliphatic carbocycles. The van der Waals surface area contributed by atoms with E-state index in [2.05, 4.69) is 4.90 Å². The summed E-state index contributed by atoms with van der Waals surface area (Å²) in [6.07, 6.45) is 0.551. The normalized spacial score (nSPS) is 25.6. The Kier molecular flexibility index (Phi) is 5.21. The second-order valence-electron chi connectivity index (χ2n) is 7.73. The number of aliphatic hydroxyl groups excluding tert-OH is 1. The number of halogens is 3. The molecule has 4 rings (SSSR count). The molecule has 1 saturated heterocycles. The van der Waals surface area contributed by atoms with Gasteiger partial charge in [-0.1, -0.05) is 12.1 Å². The van der Waals surface area contributed by atoms with Gasteiger partial charge in [0, 0.05) is 19.6 Å². The lowest BCUT2D eigenvalue weighted by Gasteiger charge is -2.23. The molecule has 0 aromatic heterocycles.